The lowest BCUT2D eigenvalue weighted by Crippen LogP contribution is -2.27. The maximum Gasteiger partial charge on any atom is 0.311 e. The summed E-state index contributed by atoms with van der Waals surface area (Å²) < 4.78 is 4.93. The number of hydrogen-bond donors (Lipinski definition) is 0. The molecule has 1 amide bonds. The van der Waals surface area contributed by atoms with E-state index in [9.17, 15) is 9.59 Å². The molecule has 0 radical (unpaired) electrons. The number of rotatable bonds is 6. The van der Waals surface area contributed by atoms with Crippen LogP contribution in [0.3, 0.4) is 0 Å². The molecule has 16 heavy (non-hydrogen) atoms. The fraction of sp³-hybridized carbons (Fsp3) is 0.833. The number of amides is 1. The quantitative estimate of drug-likeness (QED) is 0.511. The summed E-state index contributed by atoms with van der Waals surface area (Å²) in [5, 5.41) is 0. The van der Waals surface area contributed by atoms with Crippen molar-refractivity contribution in [3.63, 3.8) is 0 Å². The number of nitrogens with zero attached hydrogens (tertiary/aromatic N) is 1. The summed E-state index contributed by atoms with van der Waals surface area (Å²) in [4.78, 5) is 24.9. The van der Waals surface area contributed by atoms with Crippen molar-refractivity contribution < 1.29 is 14.3 Å². The number of unbranched alkanes of at least 4 members (excludes halogenated alkanes) is 2. The summed E-state index contributed by atoms with van der Waals surface area (Å²) in [5.74, 6) is -0.378. The van der Waals surface area contributed by atoms with E-state index in [0.29, 0.717) is 19.6 Å². The highest BCUT2D eigenvalue weighted by Crippen LogP contribution is 2.19. The highest BCUT2D eigenvalue weighted by Gasteiger charge is 2.34. The summed E-state index contributed by atoms with van der Waals surface area (Å²) in [7, 11) is 0. The first kappa shape index (κ1) is 13.0. The van der Waals surface area contributed by atoms with Crippen LogP contribution in [0.25, 0.3) is 0 Å². The fourth-order valence-corrected chi connectivity index (χ4v) is 1.96. The van der Waals surface area contributed by atoms with Crippen molar-refractivity contribution in [1.82, 2.24) is 4.90 Å². The number of hydrogen-bond acceptors (Lipinski definition) is 3. The van der Waals surface area contributed by atoms with Crippen molar-refractivity contribution in [3.05, 3.63) is 0 Å². The van der Waals surface area contributed by atoms with Gasteiger partial charge in [-0.25, -0.2) is 0 Å². The zero-order valence-electron chi connectivity index (χ0n) is 10.2. The predicted octanol–water partition coefficient (Wildman–Crippen LogP) is 1.59. The normalized spacial score (nSPS) is 20.2. The van der Waals surface area contributed by atoms with Crippen LogP contribution in [0.1, 0.15) is 39.5 Å². The van der Waals surface area contributed by atoms with Gasteiger partial charge < -0.3 is 9.64 Å². The van der Waals surface area contributed by atoms with Crippen molar-refractivity contribution in [2.45, 2.75) is 39.5 Å². The molecule has 92 valence electrons. The number of carbonyl (C=O) groups excluding carboxylic acids is 2. The molecule has 0 unspecified atom stereocenters. The molecule has 0 aromatic carbocycles. The first-order chi connectivity index (χ1) is 7.69. The van der Waals surface area contributed by atoms with Gasteiger partial charge in [-0.3, -0.25) is 9.59 Å². The average Bonchev–Trinajstić information content (AvgIpc) is 2.61. The van der Waals surface area contributed by atoms with E-state index in [1.807, 2.05) is 0 Å². The lowest BCUT2D eigenvalue weighted by molar-refractivity contribution is -0.147. The Labute approximate surface area is 96.9 Å². The molecule has 1 aliphatic heterocycles. The minimum Gasteiger partial charge on any atom is -0.466 e. The van der Waals surface area contributed by atoms with Gasteiger partial charge in [-0.15, -0.1) is 0 Å². The van der Waals surface area contributed by atoms with Gasteiger partial charge in [-0.1, -0.05) is 19.8 Å². The van der Waals surface area contributed by atoms with Gasteiger partial charge in [0.15, 0.2) is 0 Å². The molecule has 0 aromatic rings. The second-order valence-corrected chi connectivity index (χ2v) is 4.20. The van der Waals surface area contributed by atoms with Gasteiger partial charge in [0.25, 0.3) is 0 Å². The summed E-state index contributed by atoms with van der Waals surface area (Å²) >= 11 is 0. The Hall–Kier alpha value is -1.06. The third-order valence-corrected chi connectivity index (χ3v) is 2.87. The van der Waals surface area contributed by atoms with Crippen molar-refractivity contribution in [2.75, 3.05) is 19.7 Å². The molecular formula is C12H21NO3. The second-order valence-electron chi connectivity index (χ2n) is 4.20. The van der Waals surface area contributed by atoms with E-state index >= 15 is 0 Å². The van der Waals surface area contributed by atoms with Crippen molar-refractivity contribution >= 4 is 11.9 Å². The van der Waals surface area contributed by atoms with Crippen LogP contribution in [0.2, 0.25) is 0 Å². The number of carbonyl (C=O) groups is 2. The average molecular weight is 227 g/mol. The summed E-state index contributed by atoms with van der Waals surface area (Å²) in [6, 6.07) is 0. The Balaban J connectivity index is 2.35. The van der Waals surface area contributed by atoms with E-state index in [4.69, 9.17) is 4.74 Å². The minimum atomic E-state index is -0.242. The van der Waals surface area contributed by atoms with Gasteiger partial charge in [0.1, 0.15) is 0 Å². The summed E-state index contributed by atoms with van der Waals surface area (Å²) in [5.41, 5.74) is 0. The molecule has 0 saturated carbocycles. The van der Waals surface area contributed by atoms with Crippen LogP contribution in [0, 0.1) is 5.92 Å². The van der Waals surface area contributed by atoms with E-state index in [-0.39, 0.29) is 17.8 Å². The Morgan fingerprint density at radius 2 is 2.19 bits per heavy atom. The Morgan fingerprint density at radius 1 is 1.44 bits per heavy atom. The van der Waals surface area contributed by atoms with Crippen LogP contribution in [-0.2, 0) is 14.3 Å². The molecule has 1 heterocycles. The maximum atomic E-state index is 11.6. The van der Waals surface area contributed by atoms with Gasteiger partial charge >= 0.3 is 5.97 Å². The molecule has 0 spiro atoms. The van der Waals surface area contributed by atoms with Crippen LogP contribution in [-0.4, -0.2) is 36.5 Å². The molecule has 1 aliphatic rings. The minimum absolute atomic E-state index is 0.0918. The van der Waals surface area contributed by atoms with Crippen LogP contribution in [0.5, 0.6) is 0 Å². The molecule has 4 heteroatoms. The molecule has 1 fully saturated rings. The lowest BCUT2D eigenvalue weighted by atomic mass is 10.1. The van der Waals surface area contributed by atoms with E-state index in [1.165, 1.54) is 0 Å². The zero-order valence-corrected chi connectivity index (χ0v) is 10.2. The fourth-order valence-electron chi connectivity index (χ4n) is 1.96. The van der Waals surface area contributed by atoms with Crippen LogP contribution < -0.4 is 0 Å². The first-order valence-corrected chi connectivity index (χ1v) is 6.13. The third kappa shape index (κ3) is 3.51. The highest BCUT2D eigenvalue weighted by atomic mass is 16.5. The topological polar surface area (TPSA) is 46.6 Å². The van der Waals surface area contributed by atoms with Crippen molar-refractivity contribution in [2.24, 2.45) is 5.92 Å². The van der Waals surface area contributed by atoms with E-state index in [1.54, 1.807) is 11.8 Å². The van der Waals surface area contributed by atoms with Crippen molar-refractivity contribution in [1.29, 1.82) is 0 Å². The Bertz CT molecular complexity index is 253. The third-order valence-electron chi connectivity index (χ3n) is 2.87. The van der Waals surface area contributed by atoms with Crippen molar-refractivity contribution in [3.8, 4) is 0 Å². The van der Waals surface area contributed by atoms with E-state index in [0.717, 1.165) is 25.8 Å². The Morgan fingerprint density at radius 3 is 2.81 bits per heavy atom. The van der Waals surface area contributed by atoms with Crippen LogP contribution in [0.4, 0.5) is 0 Å². The largest absolute Gasteiger partial charge is 0.466 e. The molecule has 0 aliphatic carbocycles. The number of ether oxygens (including phenoxy) is 1. The van der Waals surface area contributed by atoms with Gasteiger partial charge in [-0.2, -0.15) is 0 Å². The molecule has 1 rings (SSSR count). The van der Waals surface area contributed by atoms with E-state index in [2.05, 4.69) is 6.92 Å². The summed E-state index contributed by atoms with van der Waals surface area (Å²) in [6.45, 7) is 5.63. The van der Waals surface area contributed by atoms with Gasteiger partial charge in [0.2, 0.25) is 5.91 Å². The number of esters is 1. The van der Waals surface area contributed by atoms with Gasteiger partial charge in [-0.05, 0) is 13.3 Å². The SMILES string of the molecule is CCCCCN1C[C@@H](C(=O)OCC)CC1=O. The molecule has 1 saturated heterocycles. The van der Waals surface area contributed by atoms with Gasteiger partial charge in [0, 0.05) is 19.5 Å². The second kappa shape index (κ2) is 6.51. The highest BCUT2D eigenvalue weighted by molar-refractivity contribution is 5.86. The molecule has 4 nitrogen and oxygen atoms in total. The molecule has 0 N–H and O–H groups in total. The maximum absolute atomic E-state index is 11.6. The molecule has 0 aromatic heterocycles. The van der Waals surface area contributed by atoms with Gasteiger partial charge in [0.05, 0.1) is 12.5 Å². The predicted molar refractivity (Wildman–Crippen MR) is 60.8 cm³/mol. The monoisotopic (exact) mass is 227 g/mol. The summed E-state index contributed by atoms with van der Waals surface area (Å²) in [6.07, 6.45) is 3.62. The van der Waals surface area contributed by atoms with E-state index < -0.39 is 0 Å². The number of likely N-dealkylation sites (tertiary alicyclic amines) is 1. The first-order valence-electron chi connectivity index (χ1n) is 6.13. The molecule has 1 atom stereocenters. The molecular weight excluding hydrogens is 206 g/mol. The molecule has 0 bridgehead atoms. The lowest BCUT2D eigenvalue weighted by Gasteiger charge is -2.15. The standard InChI is InChI=1S/C12H21NO3/c1-3-5-6-7-13-9-10(8-11(13)14)12(15)16-4-2/h10H,3-9H2,1-2H3/t10-/m0/s1. The smallest absolute Gasteiger partial charge is 0.311 e. The zero-order chi connectivity index (χ0) is 12.0. The Kier molecular flexibility index (Phi) is 5.29. The van der Waals surface area contributed by atoms with Crippen LogP contribution >= 0.6 is 0 Å². The van der Waals surface area contributed by atoms with Crippen LogP contribution in [0.15, 0.2) is 0 Å².